The van der Waals surface area contributed by atoms with E-state index in [9.17, 15) is 5.11 Å². The van der Waals surface area contributed by atoms with E-state index in [1.54, 1.807) is 24.5 Å². The number of halogens is 1. The number of fused-ring (bicyclic) bond motifs is 1. The fraction of sp³-hybridized carbons (Fsp3) is 0.0714. The Morgan fingerprint density at radius 1 is 1.11 bits per heavy atom. The van der Waals surface area contributed by atoms with Crippen molar-refractivity contribution in [1.29, 1.82) is 0 Å². The molecule has 0 radical (unpaired) electrons. The Balaban J connectivity index is 2.14. The van der Waals surface area contributed by atoms with E-state index in [0.29, 0.717) is 10.4 Å². The molecule has 1 N–H and O–H groups in total. The fourth-order valence-corrected chi connectivity index (χ4v) is 2.31. The molecule has 90 valence electrons. The lowest BCUT2D eigenvalue weighted by atomic mass is 10.0. The van der Waals surface area contributed by atoms with Crippen molar-refractivity contribution < 1.29 is 9.52 Å². The van der Waals surface area contributed by atoms with Crippen LogP contribution in [-0.4, -0.2) is 10.1 Å². The highest BCUT2D eigenvalue weighted by atomic mass is 79.9. The lowest BCUT2D eigenvalue weighted by Gasteiger charge is -2.10. The standard InChI is InChI=1S/C14H10BrNO2/c15-13-6-5-12(18-13)14(17)11-8-16-7-9-3-1-2-4-10(9)11/h1-8,14,17H. The average Bonchev–Trinajstić information content (AvgIpc) is 2.84. The van der Waals surface area contributed by atoms with Crippen molar-refractivity contribution in [2.24, 2.45) is 0 Å². The molecule has 0 aliphatic heterocycles. The Morgan fingerprint density at radius 3 is 2.72 bits per heavy atom. The molecule has 0 spiro atoms. The third-order valence-corrected chi connectivity index (χ3v) is 3.28. The van der Waals surface area contributed by atoms with Gasteiger partial charge in [0.2, 0.25) is 0 Å². The third kappa shape index (κ3) is 1.94. The minimum Gasteiger partial charge on any atom is -0.451 e. The van der Waals surface area contributed by atoms with Gasteiger partial charge >= 0.3 is 0 Å². The summed E-state index contributed by atoms with van der Waals surface area (Å²) in [4.78, 5) is 4.15. The zero-order valence-electron chi connectivity index (χ0n) is 9.38. The quantitative estimate of drug-likeness (QED) is 0.785. The Kier molecular flexibility index (Phi) is 2.89. The largest absolute Gasteiger partial charge is 0.451 e. The maximum absolute atomic E-state index is 10.3. The highest BCUT2D eigenvalue weighted by Gasteiger charge is 2.17. The van der Waals surface area contributed by atoms with Crippen LogP contribution >= 0.6 is 15.9 Å². The van der Waals surface area contributed by atoms with Gasteiger partial charge < -0.3 is 9.52 Å². The molecule has 0 aliphatic rings. The Labute approximate surface area is 112 Å². The van der Waals surface area contributed by atoms with Crippen molar-refractivity contribution in [3.63, 3.8) is 0 Å². The van der Waals surface area contributed by atoms with E-state index in [1.165, 1.54) is 0 Å². The van der Waals surface area contributed by atoms with Crippen LogP contribution < -0.4 is 0 Å². The zero-order chi connectivity index (χ0) is 12.5. The summed E-state index contributed by atoms with van der Waals surface area (Å²) in [6, 6.07) is 11.3. The molecule has 2 heterocycles. The highest BCUT2D eigenvalue weighted by Crippen LogP contribution is 2.30. The van der Waals surface area contributed by atoms with E-state index >= 15 is 0 Å². The number of aromatic nitrogens is 1. The maximum Gasteiger partial charge on any atom is 0.169 e. The predicted octanol–water partition coefficient (Wildman–Crippen LogP) is 3.67. The summed E-state index contributed by atoms with van der Waals surface area (Å²) in [6.07, 6.45) is 2.64. The highest BCUT2D eigenvalue weighted by molar-refractivity contribution is 9.10. The summed E-state index contributed by atoms with van der Waals surface area (Å²) in [5, 5.41) is 12.3. The van der Waals surface area contributed by atoms with Crippen molar-refractivity contribution in [1.82, 2.24) is 4.98 Å². The molecule has 2 aromatic heterocycles. The minimum absolute atomic E-state index is 0.500. The molecule has 1 atom stereocenters. The molecule has 0 saturated heterocycles. The number of aliphatic hydroxyl groups excluding tert-OH is 1. The van der Waals surface area contributed by atoms with Gasteiger partial charge in [0.1, 0.15) is 11.9 Å². The summed E-state index contributed by atoms with van der Waals surface area (Å²) >= 11 is 3.23. The molecule has 0 bridgehead atoms. The summed E-state index contributed by atoms with van der Waals surface area (Å²) < 4.78 is 5.99. The van der Waals surface area contributed by atoms with E-state index in [4.69, 9.17) is 4.42 Å². The molecule has 0 amide bonds. The van der Waals surface area contributed by atoms with Gasteiger partial charge in [-0.15, -0.1) is 0 Å². The smallest absolute Gasteiger partial charge is 0.169 e. The van der Waals surface area contributed by atoms with Crippen molar-refractivity contribution in [3.8, 4) is 0 Å². The number of pyridine rings is 1. The Hall–Kier alpha value is -1.65. The third-order valence-electron chi connectivity index (χ3n) is 2.86. The number of hydrogen-bond donors (Lipinski definition) is 1. The molecule has 0 aliphatic carbocycles. The van der Waals surface area contributed by atoms with Gasteiger partial charge in [-0.2, -0.15) is 0 Å². The molecule has 1 aromatic carbocycles. The number of hydrogen-bond acceptors (Lipinski definition) is 3. The normalized spacial score (nSPS) is 12.8. The predicted molar refractivity (Wildman–Crippen MR) is 72.2 cm³/mol. The van der Waals surface area contributed by atoms with Gasteiger partial charge in [-0.05, 0) is 33.4 Å². The van der Waals surface area contributed by atoms with Crippen LogP contribution in [0.15, 0.2) is 57.9 Å². The monoisotopic (exact) mass is 303 g/mol. The van der Waals surface area contributed by atoms with Crippen molar-refractivity contribution in [3.05, 3.63) is 64.8 Å². The van der Waals surface area contributed by atoms with E-state index < -0.39 is 6.10 Å². The van der Waals surface area contributed by atoms with Gasteiger partial charge in [-0.3, -0.25) is 4.98 Å². The van der Waals surface area contributed by atoms with Gasteiger partial charge in [0, 0.05) is 23.3 Å². The lowest BCUT2D eigenvalue weighted by Crippen LogP contribution is -1.99. The van der Waals surface area contributed by atoms with E-state index in [2.05, 4.69) is 20.9 Å². The first-order chi connectivity index (χ1) is 8.75. The van der Waals surface area contributed by atoms with Crippen LogP contribution in [0.1, 0.15) is 17.4 Å². The van der Waals surface area contributed by atoms with Gasteiger partial charge in [0.05, 0.1) is 0 Å². The summed E-state index contributed by atoms with van der Waals surface area (Å²) in [5.74, 6) is 0.500. The summed E-state index contributed by atoms with van der Waals surface area (Å²) in [7, 11) is 0. The van der Waals surface area contributed by atoms with Crippen LogP contribution in [0.3, 0.4) is 0 Å². The van der Waals surface area contributed by atoms with Gasteiger partial charge in [0.15, 0.2) is 4.67 Å². The topological polar surface area (TPSA) is 46.3 Å². The molecule has 3 rings (SSSR count). The second-order valence-electron chi connectivity index (χ2n) is 3.99. The second kappa shape index (κ2) is 4.55. The second-order valence-corrected chi connectivity index (χ2v) is 4.78. The number of aliphatic hydroxyl groups is 1. The first-order valence-corrected chi connectivity index (χ1v) is 6.31. The molecule has 0 saturated carbocycles. The van der Waals surface area contributed by atoms with E-state index in [-0.39, 0.29) is 0 Å². The number of nitrogens with zero attached hydrogens (tertiary/aromatic N) is 1. The molecular formula is C14H10BrNO2. The van der Waals surface area contributed by atoms with Crippen molar-refractivity contribution >= 4 is 26.7 Å². The zero-order valence-corrected chi connectivity index (χ0v) is 11.0. The number of furan rings is 1. The molecule has 3 nitrogen and oxygen atoms in total. The fourth-order valence-electron chi connectivity index (χ4n) is 1.99. The van der Waals surface area contributed by atoms with Crippen molar-refractivity contribution in [2.45, 2.75) is 6.10 Å². The SMILES string of the molecule is OC(c1ccc(Br)o1)c1cncc2ccccc12. The van der Waals surface area contributed by atoms with Gasteiger partial charge in [-0.25, -0.2) is 0 Å². The summed E-state index contributed by atoms with van der Waals surface area (Å²) in [6.45, 7) is 0. The Bertz CT molecular complexity index is 688. The molecule has 3 aromatic rings. The first-order valence-electron chi connectivity index (χ1n) is 5.51. The molecule has 1 unspecified atom stereocenters. The van der Waals surface area contributed by atoms with Crippen LogP contribution in [0.2, 0.25) is 0 Å². The first kappa shape index (κ1) is 11.4. The van der Waals surface area contributed by atoms with Crippen LogP contribution in [0.25, 0.3) is 10.8 Å². The Morgan fingerprint density at radius 2 is 1.94 bits per heavy atom. The van der Waals surface area contributed by atoms with Gasteiger partial charge in [-0.1, -0.05) is 24.3 Å². The molecule has 0 fully saturated rings. The minimum atomic E-state index is -0.810. The van der Waals surface area contributed by atoms with Crippen LogP contribution in [0.4, 0.5) is 0 Å². The van der Waals surface area contributed by atoms with Crippen LogP contribution in [0, 0.1) is 0 Å². The van der Waals surface area contributed by atoms with Crippen LogP contribution in [0.5, 0.6) is 0 Å². The number of rotatable bonds is 2. The van der Waals surface area contributed by atoms with Crippen molar-refractivity contribution in [2.75, 3.05) is 0 Å². The summed E-state index contributed by atoms with van der Waals surface area (Å²) in [5.41, 5.74) is 0.745. The maximum atomic E-state index is 10.3. The van der Waals surface area contributed by atoms with E-state index in [0.717, 1.165) is 16.3 Å². The van der Waals surface area contributed by atoms with Crippen LogP contribution in [-0.2, 0) is 0 Å². The van der Waals surface area contributed by atoms with E-state index in [1.807, 2.05) is 24.3 Å². The molecule has 18 heavy (non-hydrogen) atoms. The molecular weight excluding hydrogens is 294 g/mol. The molecule has 4 heteroatoms. The van der Waals surface area contributed by atoms with Gasteiger partial charge in [0.25, 0.3) is 0 Å². The number of benzene rings is 1. The lowest BCUT2D eigenvalue weighted by molar-refractivity contribution is 0.188. The average molecular weight is 304 g/mol.